The van der Waals surface area contributed by atoms with Crippen LogP contribution in [0.25, 0.3) is 0 Å². The van der Waals surface area contributed by atoms with E-state index in [0.29, 0.717) is 0 Å². The topological polar surface area (TPSA) is 24.9 Å². The van der Waals surface area contributed by atoms with E-state index in [1.54, 1.807) is 11.3 Å². The first-order valence-corrected chi connectivity index (χ1v) is 7.26. The van der Waals surface area contributed by atoms with Crippen LogP contribution < -0.4 is 5.32 Å². The van der Waals surface area contributed by atoms with Gasteiger partial charge >= 0.3 is 0 Å². The highest BCUT2D eigenvalue weighted by Gasteiger charge is 2.18. The van der Waals surface area contributed by atoms with Crippen LogP contribution in [0.5, 0.6) is 0 Å². The quantitative estimate of drug-likeness (QED) is 0.894. The van der Waals surface area contributed by atoms with Gasteiger partial charge in [-0.15, -0.1) is 0 Å². The highest BCUT2D eigenvalue weighted by molar-refractivity contribution is 9.10. The van der Waals surface area contributed by atoms with Crippen LogP contribution in [0.4, 0.5) is 0 Å². The van der Waals surface area contributed by atoms with Crippen molar-refractivity contribution in [1.29, 1.82) is 0 Å². The molecule has 2 aromatic rings. The molecule has 2 aromatic heterocycles. The van der Waals surface area contributed by atoms with Crippen molar-refractivity contribution in [3.63, 3.8) is 0 Å². The average Bonchev–Trinajstić information content (AvgIpc) is 2.69. The van der Waals surface area contributed by atoms with Crippen molar-refractivity contribution in [1.82, 2.24) is 10.3 Å². The first-order chi connectivity index (χ1) is 7.74. The van der Waals surface area contributed by atoms with Gasteiger partial charge in [0.05, 0.1) is 11.7 Å². The van der Waals surface area contributed by atoms with E-state index in [9.17, 15) is 0 Å². The molecule has 1 N–H and O–H groups in total. The van der Waals surface area contributed by atoms with Gasteiger partial charge in [-0.05, 0) is 56.4 Å². The third-order valence-corrected chi connectivity index (χ3v) is 4.72. The number of nitrogens with zero attached hydrogens (tertiary/aromatic N) is 1. The van der Waals surface area contributed by atoms with E-state index in [1.807, 2.05) is 25.4 Å². The summed E-state index contributed by atoms with van der Waals surface area (Å²) in [6.45, 7) is 0. The summed E-state index contributed by atoms with van der Waals surface area (Å²) in [5.41, 5.74) is 2.22. The molecule has 1 unspecified atom stereocenters. The zero-order valence-corrected chi connectivity index (χ0v) is 12.6. The molecule has 1 atom stereocenters. The molecule has 0 aromatic carbocycles. The minimum absolute atomic E-state index is 0.108. The maximum absolute atomic E-state index is 4.42. The van der Waals surface area contributed by atoms with E-state index < -0.39 is 0 Å². The first kappa shape index (κ1) is 12.2. The van der Waals surface area contributed by atoms with Crippen LogP contribution in [0.15, 0.2) is 38.0 Å². The van der Waals surface area contributed by atoms with Crippen LogP contribution in [-0.2, 0) is 0 Å². The predicted molar refractivity (Wildman–Crippen MR) is 74.9 cm³/mol. The third kappa shape index (κ3) is 2.37. The standard InChI is InChI=1S/C11H10Br2N2S/c1-14-10(7-5-16-6-9(7)13)11-8(12)3-2-4-15-11/h2-6,10,14H,1H3. The average molecular weight is 362 g/mol. The third-order valence-electron chi connectivity index (χ3n) is 2.30. The lowest BCUT2D eigenvalue weighted by atomic mass is 10.1. The van der Waals surface area contributed by atoms with Gasteiger partial charge in [0.15, 0.2) is 0 Å². The van der Waals surface area contributed by atoms with Crippen molar-refractivity contribution in [2.24, 2.45) is 0 Å². The number of hydrogen-bond acceptors (Lipinski definition) is 3. The highest BCUT2D eigenvalue weighted by Crippen LogP contribution is 2.33. The molecule has 5 heteroatoms. The second kappa shape index (κ2) is 5.40. The largest absolute Gasteiger partial charge is 0.308 e. The summed E-state index contributed by atoms with van der Waals surface area (Å²) >= 11 is 8.77. The van der Waals surface area contributed by atoms with Gasteiger partial charge in [-0.2, -0.15) is 11.3 Å². The van der Waals surface area contributed by atoms with Gasteiger partial charge in [-0.1, -0.05) is 0 Å². The molecule has 0 bridgehead atoms. The van der Waals surface area contributed by atoms with Crippen molar-refractivity contribution in [2.45, 2.75) is 6.04 Å². The van der Waals surface area contributed by atoms with Crippen molar-refractivity contribution < 1.29 is 0 Å². The number of pyridine rings is 1. The van der Waals surface area contributed by atoms with Crippen molar-refractivity contribution >= 4 is 43.2 Å². The molecule has 16 heavy (non-hydrogen) atoms. The van der Waals surface area contributed by atoms with Crippen molar-refractivity contribution in [3.8, 4) is 0 Å². The van der Waals surface area contributed by atoms with Gasteiger partial charge in [0, 0.05) is 26.1 Å². The second-order valence-electron chi connectivity index (χ2n) is 3.27. The SMILES string of the molecule is CNC(c1cscc1Br)c1ncccc1Br. The molecule has 2 nitrogen and oxygen atoms in total. The predicted octanol–water partition coefficient (Wildman–Crippen LogP) is 3.98. The number of aromatic nitrogens is 1. The van der Waals surface area contributed by atoms with Crippen molar-refractivity contribution in [2.75, 3.05) is 7.05 Å². The number of rotatable bonds is 3. The van der Waals surface area contributed by atoms with E-state index in [1.165, 1.54) is 5.56 Å². The maximum atomic E-state index is 4.42. The Morgan fingerprint density at radius 1 is 1.31 bits per heavy atom. The summed E-state index contributed by atoms with van der Waals surface area (Å²) in [7, 11) is 1.94. The number of nitrogens with one attached hydrogen (secondary N) is 1. The second-order valence-corrected chi connectivity index (χ2v) is 5.72. The van der Waals surface area contributed by atoms with Crippen LogP contribution in [0.1, 0.15) is 17.3 Å². The van der Waals surface area contributed by atoms with Gasteiger partial charge in [-0.25, -0.2) is 0 Å². The molecular weight excluding hydrogens is 352 g/mol. The van der Waals surface area contributed by atoms with E-state index >= 15 is 0 Å². The van der Waals surface area contributed by atoms with Gasteiger partial charge in [0.1, 0.15) is 0 Å². The molecule has 84 valence electrons. The zero-order chi connectivity index (χ0) is 11.5. The molecule has 0 fully saturated rings. The van der Waals surface area contributed by atoms with E-state index in [0.717, 1.165) is 14.6 Å². The smallest absolute Gasteiger partial charge is 0.0779 e. The molecule has 0 amide bonds. The van der Waals surface area contributed by atoms with Gasteiger partial charge < -0.3 is 5.32 Å². The van der Waals surface area contributed by atoms with Crippen LogP contribution in [0.2, 0.25) is 0 Å². The summed E-state index contributed by atoms with van der Waals surface area (Å²) < 4.78 is 2.14. The Labute approximate surface area is 115 Å². The fraction of sp³-hybridized carbons (Fsp3) is 0.182. The van der Waals surface area contributed by atoms with E-state index in [2.05, 4.69) is 52.9 Å². The van der Waals surface area contributed by atoms with Gasteiger partial charge in [0.2, 0.25) is 0 Å². The lowest BCUT2D eigenvalue weighted by Crippen LogP contribution is -2.19. The minimum atomic E-state index is 0.108. The molecular formula is C11H10Br2N2S. The number of halogens is 2. The Hall–Kier alpha value is -0.230. The molecule has 0 aliphatic heterocycles. The molecule has 0 aliphatic carbocycles. The molecule has 0 spiro atoms. The van der Waals surface area contributed by atoms with Gasteiger partial charge in [0.25, 0.3) is 0 Å². The molecule has 0 radical (unpaired) electrons. The summed E-state index contributed by atoms with van der Waals surface area (Å²) in [6, 6.07) is 4.03. The van der Waals surface area contributed by atoms with Crippen LogP contribution >= 0.6 is 43.2 Å². The van der Waals surface area contributed by atoms with Gasteiger partial charge in [-0.3, -0.25) is 4.98 Å². The summed E-state index contributed by atoms with van der Waals surface area (Å²) in [4.78, 5) is 4.42. The lowest BCUT2D eigenvalue weighted by Gasteiger charge is -2.16. The normalized spacial score (nSPS) is 12.7. The Bertz CT molecular complexity index is 484. The fourth-order valence-corrected chi connectivity index (χ4v) is 3.58. The minimum Gasteiger partial charge on any atom is -0.308 e. The number of thiophene rings is 1. The summed E-state index contributed by atoms with van der Waals surface area (Å²) in [5, 5.41) is 7.50. The number of hydrogen-bond donors (Lipinski definition) is 1. The van der Waals surface area contributed by atoms with Crippen LogP contribution in [-0.4, -0.2) is 12.0 Å². The Morgan fingerprint density at radius 3 is 2.69 bits per heavy atom. The molecule has 2 rings (SSSR count). The van der Waals surface area contributed by atoms with E-state index in [4.69, 9.17) is 0 Å². The fourth-order valence-electron chi connectivity index (χ4n) is 1.55. The maximum Gasteiger partial charge on any atom is 0.0779 e. The Balaban J connectivity index is 2.45. The Morgan fingerprint density at radius 2 is 2.12 bits per heavy atom. The summed E-state index contributed by atoms with van der Waals surface area (Å²) in [5.74, 6) is 0. The first-order valence-electron chi connectivity index (χ1n) is 4.73. The molecule has 0 saturated heterocycles. The van der Waals surface area contributed by atoms with E-state index in [-0.39, 0.29) is 6.04 Å². The van der Waals surface area contributed by atoms with Crippen molar-refractivity contribution in [3.05, 3.63) is 49.3 Å². The summed E-state index contributed by atoms with van der Waals surface area (Å²) in [6.07, 6.45) is 1.81. The molecule has 2 heterocycles. The monoisotopic (exact) mass is 360 g/mol. The van der Waals surface area contributed by atoms with Crippen LogP contribution in [0, 0.1) is 0 Å². The highest BCUT2D eigenvalue weighted by atomic mass is 79.9. The molecule has 0 aliphatic rings. The Kier molecular flexibility index (Phi) is 4.13. The van der Waals surface area contributed by atoms with Crippen LogP contribution in [0.3, 0.4) is 0 Å². The molecule has 0 saturated carbocycles. The lowest BCUT2D eigenvalue weighted by molar-refractivity contribution is 0.667. The zero-order valence-electron chi connectivity index (χ0n) is 8.58.